The number of carbonyl (C=O) groups is 1. The highest BCUT2D eigenvalue weighted by Gasteiger charge is 2.28. The first-order chi connectivity index (χ1) is 12.5. The van der Waals surface area contributed by atoms with Crippen LogP contribution in [0.2, 0.25) is 0 Å². The van der Waals surface area contributed by atoms with Gasteiger partial charge in [0.25, 0.3) is 11.5 Å². The Balaban J connectivity index is 1.59. The van der Waals surface area contributed by atoms with Crippen LogP contribution in [0.1, 0.15) is 28.1 Å². The van der Waals surface area contributed by atoms with Gasteiger partial charge in [0.15, 0.2) is 0 Å². The Hall–Kier alpha value is -3.00. The molecular formula is C18H17FN4O3. The summed E-state index contributed by atoms with van der Waals surface area (Å²) < 4.78 is 19.5. The molecule has 0 aliphatic carbocycles. The average Bonchev–Trinajstić information content (AvgIpc) is 3.06. The van der Waals surface area contributed by atoms with E-state index in [0.717, 1.165) is 0 Å². The lowest BCUT2D eigenvalue weighted by atomic mass is 10.2. The number of amides is 1. The number of aromatic nitrogens is 3. The summed E-state index contributed by atoms with van der Waals surface area (Å²) in [7, 11) is 0. The predicted octanol–water partition coefficient (Wildman–Crippen LogP) is 1.91. The van der Waals surface area contributed by atoms with Gasteiger partial charge in [0.2, 0.25) is 0 Å². The number of ether oxygens (including phenoxy) is 1. The zero-order valence-corrected chi connectivity index (χ0v) is 14.1. The molecule has 0 saturated carbocycles. The van der Waals surface area contributed by atoms with Crippen molar-refractivity contribution in [2.24, 2.45) is 0 Å². The molecule has 1 aliphatic heterocycles. The molecular weight excluding hydrogens is 339 g/mol. The Kier molecular flexibility index (Phi) is 4.04. The average molecular weight is 356 g/mol. The maximum atomic E-state index is 13.8. The first-order valence-electron chi connectivity index (χ1n) is 8.27. The van der Waals surface area contributed by atoms with E-state index in [0.29, 0.717) is 41.3 Å². The highest BCUT2D eigenvalue weighted by molar-refractivity contribution is 5.98. The number of H-pyrrole nitrogens is 2. The van der Waals surface area contributed by atoms with E-state index in [-0.39, 0.29) is 18.0 Å². The van der Waals surface area contributed by atoms with Crippen molar-refractivity contribution in [3.05, 3.63) is 63.7 Å². The molecule has 1 aliphatic rings. The van der Waals surface area contributed by atoms with Gasteiger partial charge in [0, 0.05) is 23.7 Å². The molecule has 3 heterocycles. The first kappa shape index (κ1) is 16.5. The molecule has 0 radical (unpaired) electrons. The number of halogens is 1. The molecule has 1 aromatic carbocycles. The van der Waals surface area contributed by atoms with Crippen LogP contribution in [-0.2, 0) is 4.74 Å². The van der Waals surface area contributed by atoms with Gasteiger partial charge in [-0.2, -0.15) is 0 Å². The Morgan fingerprint density at radius 2 is 2.19 bits per heavy atom. The number of benzene rings is 1. The van der Waals surface area contributed by atoms with Crippen LogP contribution in [0.3, 0.4) is 0 Å². The second kappa shape index (κ2) is 6.38. The predicted molar refractivity (Wildman–Crippen MR) is 92.4 cm³/mol. The Morgan fingerprint density at radius 1 is 1.35 bits per heavy atom. The summed E-state index contributed by atoms with van der Waals surface area (Å²) in [4.78, 5) is 35.9. The minimum atomic E-state index is -0.513. The quantitative estimate of drug-likeness (QED) is 0.734. The Labute approximate surface area is 147 Å². The van der Waals surface area contributed by atoms with E-state index in [2.05, 4.69) is 15.0 Å². The van der Waals surface area contributed by atoms with Gasteiger partial charge in [-0.15, -0.1) is 0 Å². The number of hydrogen-bond donors (Lipinski definition) is 2. The number of nitrogens with zero attached hydrogens (tertiary/aromatic N) is 2. The molecule has 26 heavy (non-hydrogen) atoms. The maximum absolute atomic E-state index is 13.8. The lowest BCUT2D eigenvalue weighted by Gasteiger charge is -2.32. The molecule has 0 spiro atoms. The largest absolute Gasteiger partial charge is 0.367 e. The van der Waals surface area contributed by atoms with Gasteiger partial charge in [-0.05, 0) is 19.1 Å². The number of morpholine rings is 1. The van der Waals surface area contributed by atoms with Crippen molar-refractivity contribution in [3.8, 4) is 0 Å². The van der Waals surface area contributed by atoms with E-state index >= 15 is 0 Å². The maximum Gasteiger partial charge on any atom is 0.270 e. The summed E-state index contributed by atoms with van der Waals surface area (Å²) in [6, 6.07) is 7.73. The number of para-hydroxylation sites is 1. The molecule has 8 heteroatoms. The van der Waals surface area contributed by atoms with Crippen LogP contribution >= 0.6 is 0 Å². The van der Waals surface area contributed by atoms with Crippen molar-refractivity contribution in [2.45, 2.75) is 13.0 Å². The second-order valence-corrected chi connectivity index (χ2v) is 6.27. The van der Waals surface area contributed by atoms with Gasteiger partial charge >= 0.3 is 0 Å². The zero-order valence-electron chi connectivity index (χ0n) is 14.1. The van der Waals surface area contributed by atoms with Crippen molar-refractivity contribution in [2.75, 3.05) is 19.7 Å². The van der Waals surface area contributed by atoms with Gasteiger partial charge in [-0.25, -0.2) is 9.37 Å². The van der Waals surface area contributed by atoms with E-state index in [1.54, 1.807) is 30.0 Å². The van der Waals surface area contributed by atoms with Crippen molar-refractivity contribution < 1.29 is 13.9 Å². The van der Waals surface area contributed by atoms with E-state index < -0.39 is 11.9 Å². The third-order valence-electron chi connectivity index (χ3n) is 4.38. The van der Waals surface area contributed by atoms with E-state index in [4.69, 9.17) is 4.74 Å². The van der Waals surface area contributed by atoms with Crippen molar-refractivity contribution in [1.29, 1.82) is 0 Å². The number of aromatic amines is 2. The number of fused-ring (bicyclic) bond motifs is 1. The Morgan fingerprint density at radius 3 is 2.96 bits per heavy atom. The summed E-state index contributed by atoms with van der Waals surface area (Å²) in [6.45, 7) is 2.71. The molecule has 1 unspecified atom stereocenters. The molecule has 1 atom stereocenters. The van der Waals surface area contributed by atoms with Gasteiger partial charge in [0.1, 0.15) is 23.4 Å². The molecule has 3 aromatic rings. The minimum Gasteiger partial charge on any atom is -0.367 e. The second-order valence-electron chi connectivity index (χ2n) is 6.27. The van der Waals surface area contributed by atoms with E-state index in [9.17, 15) is 14.0 Å². The van der Waals surface area contributed by atoms with E-state index in [1.807, 2.05) is 0 Å². The molecule has 1 amide bonds. The number of nitrogens with one attached hydrogen (secondary N) is 2. The van der Waals surface area contributed by atoms with Crippen LogP contribution in [0, 0.1) is 12.7 Å². The first-order valence-corrected chi connectivity index (χ1v) is 8.27. The van der Waals surface area contributed by atoms with Crippen LogP contribution in [0.15, 0.2) is 35.1 Å². The minimum absolute atomic E-state index is 0.246. The smallest absolute Gasteiger partial charge is 0.270 e. The monoisotopic (exact) mass is 356 g/mol. The van der Waals surface area contributed by atoms with Crippen LogP contribution in [0.4, 0.5) is 4.39 Å². The Bertz CT molecular complexity index is 1040. The van der Waals surface area contributed by atoms with Crippen LogP contribution < -0.4 is 5.56 Å². The van der Waals surface area contributed by atoms with Crippen molar-refractivity contribution >= 4 is 16.8 Å². The number of rotatable bonds is 2. The lowest BCUT2D eigenvalue weighted by molar-refractivity contribution is -0.0271. The topological polar surface area (TPSA) is 91.1 Å². The molecule has 2 N–H and O–H groups in total. The van der Waals surface area contributed by atoms with Gasteiger partial charge in [-0.3, -0.25) is 9.59 Å². The highest BCUT2D eigenvalue weighted by Crippen LogP contribution is 2.23. The third kappa shape index (κ3) is 2.99. The summed E-state index contributed by atoms with van der Waals surface area (Å²) in [5, 5.41) is 0.642. The summed E-state index contributed by atoms with van der Waals surface area (Å²) in [5.74, 6) is -0.248. The van der Waals surface area contributed by atoms with Gasteiger partial charge in [-0.1, -0.05) is 12.1 Å². The van der Waals surface area contributed by atoms with Crippen LogP contribution in [0.25, 0.3) is 10.9 Å². The fourth-order valence-corrected chi connectivity index (χ4v) is 3.16. The van der Waals surface area contributed by atoms with Gasteiger partial charge < -0.3 is 19.6 Å². The van der Waals surface area contributed by atoms with Crippen molar-refractivity contribution in [1.82, 2.24) is 19.9 Å². The molecule has 0 bridgehead atoms. The number of hydrogen-bond acceptors (Lipinski definition) is 4. The molecule has 4 rings (SSSR count). The fraction of sp³-hybridized carbons (Fsp3) is 0.278. The molecule has 2 aromatic heterocycles. The highest BCUT2D eigenvalue weighted by atomic mass is 19.1. The summed E-state index contributed by atoms with van der Waals surface area (Å²) in [5.41, 5.74) is 0.953. The number of carbonyl (C=O) groups excluding carboxylic acids is 1. The summed E-state index contributed by atoms with van der Waals surface area (Å²) in [6.07, 6.45) is -0.513. The van der Waals surface area contributed by atoms with Crippen LogP contribution in [-0.4, -0.2) is 45.5 Å². The van der Waals surface area contributed by atoms with Crippen LogP contribution in [0.5, 0.6) is 0 Å². The van der Waals surface area contributed by atoms with E-state index in [1.165, 1.54) is 12.1 Å². The lowest BCUT2D eigenvalue weighted by Crippen LogP contribution is -2.43. The third-order valence-corrected chi connectivity index (χ3v) is 4.38. The molecule has 1 fully saturated rings. The fourth-order valence-electron chi connectivity index (χ4n) is 3.16. The zero-order chi connectivity index (χ0) is 18.3. The van der Waals surface area contributed by atoms with Gasteiger partial charge in [0.05, 0.1) is 18.7 Å². The molecule has 7 nitrogen and oxygen atoms in total. The molecule has 134 valence electrons. The SMILES string of the molecule is Cc1cc(=O)[nH]c(C2CN(C(=O)c3cc4cccc(F)c4[nH]3)CCO2)n1. The van der Waals surface area contributed by atoms with Crippen molar-refractivity contribution in [3.63, 3.8) is 0 Å². The standard InChI is InChI=1S/C18H17FN4O3/c1-10-7-15(24)22-17(20-10)14-9-23(5-6-26-14)18(25)13-8-11-3-2-4-12(19)16(11)21-13/h2-4,7-8,14,21H,5-6,9H2,1H3,(H,20,22,24). The summed E-state index contributed by atoms with van der Waals surface area (Å²) >= 11 is 0. The molecule has 1 saturated heterocycles. The normalized spacial score (nSPS) is 17.6. The number of aryl methyl sites for hydroxylation is 1.